The smallest absolute Gasteiger partial charge is 0.244 e. The maximum absolute atomic E-state index is 12.2. The molecule has 6 heteroatoms. The topological polar surface area (TPSA) is 58.6 Å². The number of methoxy groups -OCH3 is 1. The summed E-state index contributed by atoms with van der Waals surface area (Å²) in [5, 5.41) is 2.79. The minimum atomic E-state index is -0.231. The highest BCUT2D eigenvalue weighted by molar-refractivity contribution is 8.01. The molecule has 0 spiro atoms. The van der Waals surface area contributed by atoms with Crippen LogP contribution in [0.2, 0.25) is 0 Å². The highest BCUT2D eigenvalue weighted by Gasteiger charge is 2.19. The third-order valence-electron chi connectivity index (χ3n) is 3.08. The van der Waals surface area contributed by atoms with Crippen molar-refractivity contribution in [3.8, 4) is 5.75 Å². The molecule has 0 aliphatic rings. The van der Waals surface area contributed by atoms with Gasteiger partial charge in [-0.1, -0.05) is 32.9 Å². The number of anilines is 1. The first-order chi connectivity index (χ1) is 10.8. The molecule has 1 rings (SSSR count). The van der Waals surface area contributed by atoms with Gasteiger partial charge < -0.3 is 15.0 Å². The molecule has 23 heavy (non-hydrogen) atoms. The quantitative estimate of drug-likeness (QED) is 0.830. The van der Waals surface area contributed by atoms with Gasteiger partial charge >= 0.3 is 0 Å². The average molecular weight is 338 g/mol. The molecular weight excluding hydrogens is 312 g/mol. The van der Waals surface area contributed by atoms with Crippen molar-refractivity contribution >= 4 is 29.3 Å². The normalized spacial score (nSPS) is 11.0. The van der Waals surface area contributed by atoms with E-state index in [1.807, 2.05) is 19.1 Å². The van der Waals surface area contributed by atoms with Crippen molar-refractivity contribution in [3.63, 3.8) is 0 Å². The highest BCUT2D eigenvalue weighted by atomic mass is 32.2. The number of carbonyl (C=O) groups excluding carboxylic acids is 2. The van der Waals surface area contributed by atoms with Crippen molar-refractivity contribution in [3.05, 3.63) is 24.3 Å². The number of rotatable bonds is 7. The maximum atomic E-state index is 12.2. The number of ether oxygens (including phenoxy) is 1. The number of nitrogens with one attached hydrogen (secondary N) is 1. The molecule has 0 saturated carbocycles. The van der Waals surface area contributed by atoms with Gasteiger partial charge in [-0.05, 0) is 19.1 Å². The molecule has 5 nitrogen and oxygen atoms in total. The molecule has 0 bridgehead atoms. The summed E-state index contributed by atoms with van der Waals surface area (Å²) in [5.41, 5.74) is 0.604. The Morgan fingerprint density at radius 3 is 2.48 bits per heavy atom. The Morgan fingerprint density at radius 2 is 1.91 bits per heavy atom. The number of hydrogen-bond donors (Lipinski definition) is 1. The number of hydrogen-bond acceptors (Lipinski definition) is 4. The molecule has 0 aliphatic heterocycles. The molecule has 0 fully saturated rings. The number of thioether (sulfide) groups is 1. The van der Waals surface area contributed by atoms with Crippen molar-refractivity contribution in [1.29, 1.82) is 0 Å². The van der Waals surface area contributed by atoms with Crippen molar-refractivity contribution in [1.82, 2.24) is 4.90 Å². The largest absolute Gasteiger partial charge is 0.495 e. The zero-order valence-electron chi connectivity index (χ0n) is 14.5. The van der Waals surface area contributed by atoms with E-state index in [2.05, 4.69) is 26.1 Å². The first kappa shape index (κ1) is 19.4. The Morgan fingerprint density at radius 1 is 1.26 bits per heavy atom. The SMILES string of the molecule is CCN(CC(=O)Nc1ccccc1OC)C(=O)CSC(C)(C)C. The number of carbonyl (C=O) groups is 2. The number of para-hydroxylation sites is 2. The van der Waals surface area contributed by atoms with Crippen LogP contribution in [0.5, 0.6) is 5.75 Å². The van der Waals surface area contributed by atoms with E-state index in [4.69, 9.17) is 4.74 Å². The molecule has 0 atom stereocenters. The standard InChI is InChI=1S/C17H26N2O3S/c1-6-19(16(21)12-23-17(2,3)4)11-15(20)18-13-9-7-8-10-14(13)22-5/h7-10H,6,11-12H2,1-5H3,(H,18,20). The summed E-state index contributed by atoms with van der Waals surface area (Å²) in [6.07, 6.45) is 0. The third-order valence-corrected chi connectivity index (χ3v) is 4.34. The molecule has 0 aromatic heterocycles. The van der Waals surface area contributed by atoms with E-state index in [9.17, 15) is 9.59 Å². The summed E-state index contributed by atoms with van der Waals surface area (Å²) in [4.78, 5) is 26.0. The van der Waals surface area contributed by atoms with Gasteiger partial charge in [-0.2, -0.15) is 0 Å². The fourth-order valence-corrected chi connectivity index (χ4v) is 2.60. The third kappa shape index (κ3) is 6.95. The lowest BCUT2D eigenvalue weighted by Gasteiger charge is -2.23. The minimum Gasteiger partial charge on any atom is -0.495 e. The lowest BCUT2D eigenvalue weighted by Crippen LogP contribution is -2.39. The summed E-state index contributed by atoms with van der Waals surface area (Å²) in [6, 6.07) is 7.20. The van der Waals surface area contributed by atoms with Gasteiger partial charge in [0.2, 0.25) is 11.8 Å². The van der Waals surface area contributed by atoms with Crippen LogP contribution >= 0.6 is 11.8 Å². The minimum absolute atomic E-state index is 0.0226. The fraction of sp³-hybridized carbons (Fsp3) is 0.529. The molecule has 128 valence electrons. The monoisotopic (exact) mass is 338 g/mol. The molecule has 1 N–H and O–H groups in total. The Kier molecular flexibility index (Phi) is 7.42. The predicted octanol–water partition coefficient (Wildman–Crippen LogP) is 3.01. The van der Waals surface area contributed by atoms with Gasteiger partial charge in [0.25, 0.3) is 0 Å². The molecule has 1 aromatic carbocycles. The van der Waals surface area contributed by atoms with Crippen molar-refractivity contribution in [2.24, 2.45) is 0 Å². The van der Waals surface area contributed by atoms with E-state index >= 15 is 0 Å². The first-order valence-corrected chi connectivity index (χ1v) is 8.60. The average Bonchev–Trinajstić information content (AvgIpc) is 2.50. The summed E-state index contributed by atoms with van der Waals surface area (Å²) < 4.78 is 5.22. The van der Waals surface area contributed by atoms with E-state index in [1.54, 1.807) is 35.9 Å². The maximum Gasteiger partial charge on any atom is 0.244 e. The van der Waals surface area contributed by atoms with Gasteiger partial charge in [-0.3, -0.25) is 9.59 Å². The number of likely N-dealkylation sites (N-methyl/N-ethyl adjacent to an activating group) is 1. The second kappa shape index (κ2) is 8.82. The van der Waals surface area contributed by atoms with Crippen LogP contribution in [0.3, 0.4) is 0 Å². The molecule has 0 aliphatic carbocycles. The van der Waals surface area contributed by atoms with Crippen LogP contribution in [0.15, 0.2) is 24.3 Å². The zero-order valence-corrected chi connectivity index (χ0v) is 15.3. The molecule has 2 amide bonds. The van der Waals surface area contributed by atoms with Gasteiger partial charge in [-0.25, -0.2) is 0 Å². The number of benzene rings is 1. The van der Waals surface area contributed by atoms with Gasteiger partial charge in [-0.15, -0.1) is 11.8 Å². The molecule has 0 unspecified atom stereocenters. The van der Waals surface area contributed by atoms with Crippen LogP contribution in [-0.2, 0) is 9.59 Å². The van der Waals surface area contributed by atoms with E-state index in [0.29, 0.717) is 23.7 Å². The Balaban J connectivity index is 2.61. The van der Waals surface area contributed by atoms with Gasteiger partial charge in [0.15, 0.2) is 0 Å². The van der Waals surface area contributed by atoms with Crippen molar-refractivity contribution < 1.29 is 14.3 Å². The van der Waals surface area contributed by atoms with E-state index < -0.39 is 0 Å². The molecule has 0 saturated heterocycles. The molecule has 0 radical (unpaired) electrons. The van der Waals surface area contributed by atoms with Gasteiger partial charge in [0.1, 0.15) is 5.75 Å². The van der Waals surface area contributed by atoms with Gasteiger partial charge in [0.05, 0.1) is 25.1 Å². The Bertz CT molecular complexity index is 541. The van der Waals surface area contributed by atoms with Crippen LogP contribution in [0.1, 0.15) is 27.7 Å². The predicted molar refractivity (Wildman–Crippen MR) is 96.1 cm³/mol. The van der Waals surface area contributed by atoms with Crippen molar-refractivity contribution in [2.75, 3.05) is 31.3 Å². The van der Waals surface area contributed by atoms with Crippen LogP contribution in [-0.4, -0.2) is 47.4 Å². The van der Waals surface area contributed by atoms with Crippen LogP contribution in [0, 0.1) is 0 Å². The van der Waals surface area contributed by atoms with E-state index in [1.165, 1.54) is 0 Å². The second-order valence-electron chi connectivity index (χ2n) is 6.06. The Hall–Kier alpha value is -1.69. The second-order valence-corrected chi connectivity index (χ2v) is 7.86. The van der Waals surface area contributed by atoms with Crippen LogP contribution in [0.4, 0.5) is 5.69 Å². The molecular formula is C17H26N2O3S. The van der Waals surface area contributed by atoms with Crippen LogP contribution < -0.4 is 10.1 Å². The lowest BCUT2D eigenvalue weighted by molar-refractivity contribution is -0.132. The summed E-state index contributed by atoms with van der Waals surface area (Å²) in [7, 11) is 1.55. The summed E-state index contributed by atoms with van der Waals surface area (Å²) >= 11 is 1.58. The summed E-state index contributed by atoms with van der Waals surface area (Å²) in [6.45, 7) is 8.61. The van der Waals surface area contributed by atoms with Crippen molar-refractivity contribution in [2.45, 2.75) is 32.4 Å². The summed E-state index contributed by atoms with van der Waals surface area (Å²) in [5.74, 6) is 0.714. The number of nitrogens with zero attached hydrogens (tertiary/aromatic N) is 1. The molecule has 0 heterocycles. The Labute approximate surface area is 142 Å². The fourth-order valence-electron chi connectivity index (χ4n) is 1.86. The first-order valence-electron chi connectivity index (χ1n) is 7.61. The van der Waals surface area contributed by atoms with E-state index in [-0.39, 0.29) is 23.1 Å². The zero-order chi connectivity index (χ0) is 17.5. The number of amides is 2. The highest BCUT2D eigenvalue weighted by Crippen LogP contribution is 2.24. The lowest BCUT2D eigenvalue weighted by atomic mass is 10.3. The van der Waals surface area contributed by atoms with E-state index in [0.717, 1.165) is 0 Å². The van der Waals surface area contributed by atoms with Gasteiger partial charge in [0, 0.05) is 11.3 Å². The molecule has 1 aromatic rings. The van der Waals surface area contributed by atoms with Crippen LogP contribution in [0.25, 0.3) is 0 Å².